The van der Waals surface area contributed by atoms with E-state index in [1.165, 1.54) is 22.0 Å². The third-order valence-electron chi connectivity index (χ3n) is 3.75. The third-order valence-corrected chi connectivity index (χ3v) is 4.50. The zero-order chi connectivity index (χ0) is 13.2. The van der Waals surface area contributed by atoms with Crippen molar-refractivity contribution in [2.45, 2.75) is 25.3 Å². The van der Waals surface area contributed by atoms with Crippen molar-refractivity contribution < 1.29 is 0 Å². The molecule has 1 atom stereocenters. The van der Waals surface area contributed by atoms with Gasteiger partial charge in [-0.1, -0.05) is 28.1 Å². The minimum absolute atomic E-state index is 0.496. The number of nitrogens with zero attached hydrogens (tertiary/aromatic N) is 2. The molecular formula is C15H18BrN3. The van der Waals surface area contributed by atoms with Gasteiger partial charge in [0.25, 0.3) is 0 Å². The molecule has 0 spiro atoms. The molecule has 0 fully saturated rings. The summed E-state index contributed by atoms with van der Waals surface area (Å²) >= 11 is 3.64. The smallest absolute Gasteiger partial charge is 0.0637 e. The molecule has 1 aromatic carbocycles. The van der Waals surface area contributed by atoms with Crippen LogP contribution in [-0.2, 0) is 19.9 Å². The van der Waals surface area contributed by atoms with Gasteiger partial charge in [-0.2, -0.15) is 5.10 Å². The van der Waals surface area contributed by atoms with Crippen molar-refractivity contribution >= 4 is 15.9 Å². The van der Waals surface area contributed by atoms with Crippen LogP contribution in [0.4, 0.5) is 0 Å². The lowest BCUT2D eigenvalue weighted by molar-refractivity contribution is 0.530. The molecule has 0 saturated carbocycles. The number of aromatic nitrogens is 2. The summed E-state index contributed by atoms with van der Waals surface area (Å²) in [7, 11) is 1.96. The molecule has 1 N–H and O–H groups in total. The van der Waals surface area contributed by atoms with Crippen LogP contribution in [0.15, 0.2) is 34.9 Å². The second kappa shape index (κ2) is 5.47. The zero-order valence-electron chi connectivity index (χ0n) is 11.1. The summed E-state index contributed by atoms with van der Waals surface area (Å²) in [4.78, 5) is 0. The SMILES string of the molecule is Cn1ccc(CCNC2CCc3c(Br)cccc32)n1. The maximum atomic E-state index is 4.40. The Balaban J connectivity index is 1.59. The van der Waals surface area contributed by atoms with Crippen LogP contribution in [0.3, 0.4) is 0 Å². The summed E-state index contributed by atoms with van der Waals surface area (Å²) < 4.78 is 3.11. The Kier molecular flexibility index (Phi) is 3.71. The van der Waals surface area contributed by atoms with E-state index in [4.69, 9.17) is 0 Å². The summed E-state index contributed by atoms with van der Waals surface area (Å²) in [6.45, 7) is 0.980. The van der Waals surface area contributed by atoms with Crippen molar-refractivity contribution in [1.82, 2.24) is 15.1 Å². The van der Waals surface area contributed by atoms with Gasteiger partial charge in [0.05, 0.1) is 5.69 Å². The van der Waals surface area contributed by atoms with Crippen LogP contribution in [0.1, 0.15) is 29.3 Å². The molecule has 1 unspecified atom stereocenters. The Morgan fingerprint density at radius 3 is 3.11 bits per heavy atom. The second-order valence-electron chi connectivity index (χ2n) is 5.08. The van der Waals surface area contributed by atoms with Gasteiger partial charge in [0.2, 0.25) is 0 Å². The highest BCUT2D eigenvalue weighted by Crippen LogP contribution is 2.35. The van der Waals surface area contributed by atoms with Crippen LogP contribution >= 0.6 is 15.9 Å². The zero-order valence-corrected chi connectivity index (χ0v) is 12.7. The van der Waals surface area contributed by atoms with E-state index in [1.807, 2.05) is 17.9 Å². The summed E-state index contributed by atoms with van der Waals surface area (Å²) in [6, 6.07) is 9.08. The van der Waals surface area contributed by atoms with Gasteiger partial charge in [-0.3, -0.25) is 4.68 Å². The van der Waals surface area contributed by atoms with Crippen molar-refractivity contribution in [3.05, 3.63) is 51.8 Å². The Bertz CT molecular complexity index is 577. The van der Waals surface area contributed by atoms with Crippen LogP contribution < -0.4 is 5.32 Å². The Labute approximate surface area is 122 Å². The molecule has 1 heterocycles. The van der Waals surface area contributed by atoms with Crippen LogP contribution in [0.2, 0.25) is 0 Å². The number of hydrogen-bond acceptors (Lipinski definition) is 2. The van der Waals surface area contributed by atoms with Crippen molar-refractivity contribution in [2.75, 3.05) is 6.54 Å². The quantitative estimate of drug-likeness (QED) is 0.938. The largest absolute Gasteiger partial charge is 0.310 e. The first-order valence-electron chi connectivity index (χ1n) is 6.73. The van der Waals surface area contributed by atoms with Crippen molar-refractivity contribution in [3.8, 4) is 0 Å². The highest BCUT2D eigenvalue weighted by Gasteiger charge is 2.23. The summed E-state index contributed by atoms with van der Waals surface area (Å²) in [5.41, 5.74) is 4.08. The number of halogens is 1. The van der Waals surface area contributed by atoms with Crippen LogP contribution in [0.5, 0.6) is 0 Å². The van der Waals surface area contributed by atoms with Crippen molar-refractivity contribution in [1.29, 1.82) is 0 Å². The number of aryl methyl sites for hydroxylation is 1. The average molecular weight is 320 g/mol. The average Bonchev–Trinajstić information content (AvgIpc) is 2.98. The molecule has 0 radical (unpaired) electrons. The fourth-order valence-corrected chi connectivity index (χ4v) is 3.37. The van der Waals surface area contributed by atoms with Crippen LogP contribution in [0.25, 0.3) is 0 Å². The number of rotatable bonds is 4. The van der Waals surface area contributed by atoms with E-state index in [0.717, 1.165) is 25.1 Å². The van der Waals surface area contributed by atoms with Gasteiger partial charge in [0.1, 0.15) is 0 Å². The molecule has 19 heavy (non-hydrogen) atoms. The molecule has 1 aliphatic carbocycles. The van der Waals surface area contributed by atoms with Crippen LogP contribution in [0, 0.1) is 0 Å². The second-order valence-corrected chi connectivity index (χ2v) is 5.94. The number of nitrogens with one attached hydrogen (secondary N) is 1. The van der Waals surface area contributed by atoms with Gasteiger partial charge >= 0.3 is 0 Å². The lowest BCUT2D eigenvalue weighted by atomic mass is 10.1. The minimum atomic E-state index is 0.496. The normalized spacial score (nSPS) is 17.7. The van der Waals surface area contributed by atoms with E-state index in [2.05, 4.69) is 50.6 Å². The highest BCUT2D eigenvalue weighted by molar-refractivity contribution is 9.10. The van der Waals surface area contributed by atoms with Gasteiger partial charge in [-0.05, 0) is 36.1 Å². The Hall–Kier alpha value is -1.13. The van der Waals surface area contributed by atoms with E-state index in [-0.39, 0.29) is 0 Å². The maximum Gasteiger partial charge on any atom is 0.0637 e. The highest BCUT2D eigenvalue weighted by atomic mass is 79.9. The van der Waals surface area contributed by atoms with E-state index < -0.39 is 0 Å². The first-order chi connectivity index (χ1) is 9.24. The number of benzene rings is 1. The molecule has 0 bridgehead atoms. The standard InChI is InChI=1S/C15H18BrN3/c1-19-10-8-11(18-19)7-9-17-15-6-5-12-13(15)3-2-4-14(12)16/h2-4,8,10,15,17H,5-7,9H2,1H3. The molecule has 1 aromatic heterocycles. The molecule has 1 aliphatic rings. The van der Waals surface area contributed by atoms with E-state index in [0.29, 0.717) is 6.04 Å². The molecule has 3 nitrogen and oxygen atoms in total. The summed E-state index contributed by atoms with van der Waals surface area (Å²) in [5, 5.41) is 8.06. The van der Waals surface area contributed by atoms with Gasteiger partial charge in [0.15, 0.2) is 0 Å². The van der Waals surface area contributed by atoms with Gasteiger partial charge in [0, 0.05) is 36.7 Å². The molecular weight excluding hydrogens is 302 g/mol. The monoisotopic (exact) mass is 319 g/mol. The van der Waals surface area contributed by atoms with Crippen molar-refractivity contribution in [3.63, 3.8) is 0 Å². The van der Waals surface area contributed by atoms with Crippen LogP contribution in [-0.4, -0.2) is 16.3 Å². The fourth-order valence-electron chi connectivity index (χ4n) is 2.79. The number of hydrogen-bond donors (Lipinski definition) is 1. The molecule has 0 saturated heterocycles. The Morgan fingerprint density at radius 1 is 1.42 bits per heavy atom. The Morgan fingerprint density at radius 2 is 2.32 bits per heavy atom. The lowest BCUT2D eigenvalue weighted by Gasteiger charge is -2.13. The van der Waals surface area contributed by atoms with E-state index in [9.17, 15) is 0 Å². The topological polar surface area (TPSA) is 29.9 Å². The van der Waals surface area contributed by atoms with Crippen molar-refractivity contribution in [2.24, 2.45) is 7.05 Å². The lowest BCUT2D eigenvalue weighted by Crippen LogP contribution is -2.22. The maximum absolute atomic E-state index is 4.40. The predicted octanol–water partition coefficient (Wildman–Crippen LogP) is 3.00. The third kappa shape index (κ3) is 2.74. The summed E-state index contributed by atoms with van der Waals surface area (Å²) in [5.74, 6) is 0. The molecule has 0 aliphatic heterocycles. The summed E-state index contributed by atoms with van der Waals surface area (Å²) in [6.07, 6.45) is 5.34. The molecule has 2 aromatic rings. The molecule has 4 heteroatoms. The predicted molar refractivity (Wildman–Crippen MR) is 80.1 cm³/mol. The molecule has 3 rings (SSSR count). The van der Waals surface area contributed by atoms with Gasteiger partial charge < -0.3 is 5.32 Å². The fraction of sp³-hybridized carbons (Fsp3) is 0.400. The van der Waals surface area contributed by atoms with E-state index in [1.54, 1.807) is 0 Å². The molecule has 100 valence electrons. The van der Waals surface area contributed by atoms with E-state index >= 15 is 0 Å². The van der Waals surface area contributed by atoms with Gasteiger partial charge in [-0.25, -0.2) is 0 Å². The minimum Gasteiger partial charge on any atom is -0.310 e. The first-order valence-corrected chi connectivity index (χ1v) is 7.52. The van der Waals surface area contributed by atoms with Gasteiger partial charge in [-0.15, -0.1) is 0 Å². The molecule has 0 amide bonds. The first kappa shape index (κ1) is 12.9. The number of fused-ring (bicyclic) bond motifs is 1.